The summed E-state index contributed by atoms with van der Waals surface area (Å²) >= 11 is 0. The first-order valence-corrected chi connectivity index (χ1v) is 6.51. The highest BCUT2D eigenvalue weighted by molar-refractivity contribution is 4.97. The zero-order valence-corrected chi connectivity index (χ0v) is 11.8. The van der Waals surface area contributed by atoms with Crippen molar-refractivity contribution in [2.75, 3.05) is 20.3 Å². The van der Waals surface area contributed by atoms with E-state index in [9.17, 15) is 13.2 Å². The zero-order chi connectivity index (χ0) is 15.2. The molecule has 20 heavy (non-hydrogen) atoms. The van der Waals surface area contributed by atoms with Crippen LogP contribution in [0.1, 0.15) is 37.9 Å². The van der Waals surface area contributed by atoms with Gasteiger partial charge in [-0.2, -0.15) is 18.2 Å². The van der Waals surface area contributed by atoms with Crippen LogP contribution in [0.5, 0.6) is 0 Å². The molecule has 0 aliphatic heterocycles. The third-order valence-electron chi connectivity index (χ3n) is 3.02. The zero-order valence-electron chi connectivity index (χ0n) is 11.8. The molecule has 2 unspecified atom stereocenters. The maximum Gasteiger partial charge on any atom is 0.411 e. The van der Waals surface area contributed by atoms with Gasteiger partial charge in [-0.05, 0) is 13.5 Å². The topological polar surface area (TPSA) is 60.2 Å². The van der Waals surface area contributed by atoms with E-state index in [1.54, 1.807) is 0 Å². The first-order valence-electron chi connectivity index (χ1n) is 6.51. The van der Waals surface area contributed by atoms with Crippen molar-refractivity contribution in [1.82, 2.24) is 15.5 Å². The van der Waals surface area contributed by atoms with Gasteiger partial charge in [0, 0.05) is 12.5 Å². The predicted octanol–water partition coefficient (Wildman–Crippen LogP) is 2.29. The molecule has 0 saturated carbocycles. The molecule has 1 aromatic rings. The lowest BCUT2D eigenvalue weighted by molar-refractivity contribution is -0.173. The summed E-state index contributed by atoms with van der Waals surface area (Å²) < 4.78 is 45.3. The number of halogens is 3. The average molecular weight is 295 g/mol. The molecule has 116 valence electrons. The molecule has 0 fully saturated rings. The summed E-state index contributed by atoms with van der Waals surface area (Å²) in [5, 5.41) is 6.90. The Labute approximate surface area is 115 Å². The van der Waals surface area contributed by atoms with E-state index in [1.807, 2.05) is 20.9 Å². The molecule has 0 aliphatic carbocycles. The van der Waals surface area contributed by atoms with Crippen molar-refractivity contribution in [2.24, 2.45) is 0 Å². The Morgan fingerprint density at radius 2 is 2.10 bits per heavy atom. The number of nitrogens with zero attached hydrogens (tertiary/aromatic N) is 2. The van der Waals surface area contributed by atoms with Crippen molar-refractivity contribution in [1.29, 1.82) is 0 Å². The van der Waals surface area contributed by atoms with Crippen LogP contribution in [0.25, 0.3) is 0 Å². The molecule has 1 aromatic heterocycles. The number of alkyl halides is 3. The molecular formula is C12H20F3N3O2. The monoisotopic (exact) mass is 295 g/mol. The smallest absolute Gasteiger partial charge is 0.372 e. The Morgan fingerprint density at radius 1 is 1.40 bits per heavy atom. The first-order chi connectivity index (χ1) is 9.37. The Kier molecular flexibility index (Phi) is 6.41. The SMILES string of the molecule is CCC(NC)C(C)c1nc(CCOCC(F)(F)F)no1. The highest BCUT2D eigenvalue weighted by Gasteiger charge is 2.27. The Morgan fingerprint density at radius 3 is 2.65 bits per heavy atom. The number of aromatic nitrogens is 2. The summed E-state index contributed by atoms with van der Waals surface area (Å²) in [6.45, 7) is 2.66. The fourth-order valence-corrected chi connectivity index (χ4v) is 1.89. The van der Waals surface area contributed by atoms with E-state index in [0.29, 0.717) is 11.7 Å². The molecule has 2 atom stereocenters. The largest absolute Gasteiger partial charge is 0.411 e. The molecule has 0 aliphatic rings. The Balaban J connectivity index is 2.43. The normalized spacial score (nSPS) is 15.3. The van der Waals surface area contributed by atoms with Gasteiger partial charge in [0.1, 0.15) is 6.61 Å². The van der Waals surface area contributed by atoms with Gasteiger partial charge in [-0.15, -0.1) is 0 Å². The van der Waals surface area contributed by atoms with Crippen LogP contribution in [0.15, 0.2) is 4.52 Å². The number of ether oxygens (including phenoxy) is 1. The molecule has 1 heterocycles. The molecule has 0 saturated heterocycles. The minimum absolute atomic E-state index is 0.0438. The van der Waals surface area contributed by atoms with Crippen molar-refractivity contribution in [3.63, 3.8) is 0 Å². The molecule has 1 N–H and O–H groups in total. The maximum absolute atomic E-state index is 11.9. The lowest BCUT2D eigenvalue weighted by Gasteiger charge is -2.18. The summed E-state index contributed by atoms with van der Waals surface area (Å²) in [4.78, 5) is 4.18. The third kappa shape index (κ3) is 5.46. The molecule has 0 amide bonds. The number of hydrogen-bond donors (Lipinski definition) is 1. The van der Waals surface area contributed by atoms with Crippen LogP contribution in [0.3, 0.4) is 0 Å². The van der Waals surface area contributed by atoms with Gasteiger partial charge in [0.25, 0.3) is 0 Å². The van der Waals surface area contributed by atoms with Crippen LogP contribution in [-0.4, -0.2) is 42.6 Å². The summed E-state index contributed by atoms with van der Waals surface area (Å²) in [5.41, 5.74) is 0. The van der Waals surface area contributed by atoms with Gasteiger partial charge >= 0.3 is 6.18 Å². The second-order valence-electron chi connectivity index (χ2n) is 4.56. The molecule has 0 radical (unpaired) electrons. The van der Waals surface area contributed by atoms with Gasteiger partial charge in [-0.3, -0.25) is 0 Å². The number of hydrogen-bond acceptors (Lipinski definition) is 5. The van der Waals surface area contributed by atoms with Crippen LogP contribution in [0.4, 0.5) is 13.2 Å². The van der Waals surface area contributed by atoms with Crippen LogP contribution in [-0.2, 0) is 11.2 Å². The average Bonchev–Trinajstić information content (AvgIpc) is 2.83. The molecule has 0 aromatic carbocycles. The second kappa shape index (κ2) is 7.58. The number of nitrogens with one attached hydrogen (secondary N) is 1. The fraction of sp³-hybridized carbons (Fsp3) is 0.833. The standard InChI is InChI=1S/C12H20F3N3O2/c1-4-9(16-3)8(2)11-17-10(18-20-11)5-6-19-7-12(13,14)15/h8-9,16H,4-7H2,1-3H3. The minimum atomic E-state index is -4.31. The van der Waals surface area contributed by atoms with Crippen LogP contribution < -0.4 is 5.32 Å². The van der Waals surface area contributed by atoms with Gasteiger partial charge in [0.2, 0.25) is 5.89 Å². The van der Waals surface area contributed by atoms with Crippen LogP contribution >= 0.6 is 0 Å². The van der Waals surface area contributed by atoms with E-state index in [-0.39, 0.29) is 25.0 Å². The second-order valence-corrected chi connectivity index (χ2v) is 4.56. The predicted molar refractivity (Wildman–Crippen MR) is 66.4 cm³/mol. The summed E-state index contributed by atoms with van der Waals surface area (Å²) in [6.07, 6.45) is -3.20. The molecule has 8 heteroatoms. The van der Waals surface area contributed by atoms with E-state index in [0.717, 1.165) is 6.42 Å². The third-order valence-corrected chi connectivity index (χ3v) is 3.02. The highest BCUT2D eigenvalue weighted by Crippen LogP contribution is 2.19. The van der Waals surface area contributed by atoms with Gasteiger partial charge in [0.15, 0.2) is 5.82 Å². The quantitative estimate of drug-likeness (QED) is 0.746. The van der Waals surface area contributed by atoms with E-state index in [4.69, 9.17) is 4.52 Å². The molecule has 0 bridgehead atoms. The number of likely N-dealkylation sites (N-methyl/N-ethyl adjacent to an activating group) is 1. The van der Waals surface area contributed by atoms with Gasteiger partial charge in [-0.25, -0.2) is 0 Å². The lowest BCUT2D eigenvalue weighted by Crippen LogP contribution is -2.30. The molecule has 1 rings (SSSR count). The highest BCUT2D eigenvalue weighted by atomic mass is 19.4. The molecule has 5 nitrogen and oxygen atoms in total. The van der Waals surface area contributed by atoms with Crippen LogP contribution in [0, 0.1) is 0 Å². The van der Waals surface area contributed by atoms with Gasteiger partial charge < -0.3 is 14.6 Å². The van der Waals surface area contributed by atoms with Crippen LogP contribution in [0.2, 0.25) is 0 Å². The van der Waals surface area contributed by atoms with Crippen molar-refractivity contribution in [3.8, 4) is 0 Å². The first kappa shape index (κ1) is 16.9. The lowest BCUT2D eigenvalue weighted by atomic mass is 10.00. The van der Waals surface area contributed by atoms with Crippen molar-refractivity contribution >= 4 is 0 Å². The van der Waals surface area contributed by atoms with Crippen molar-refractivity contribution in [3.05, 3.63) is 11.7 Å². The summed E-state index contributed by atoms with van der Waals surface area (Å²) in [7, 11) is 1.85. The molecule has 0 spiro atoms. The van der Waals surface area contributed by atoms with Crippen molar-refractivity contribution in [2.45, 2.75) is 44.8 Å². The van der Waals surface area contributed by atoms with E-state index >= 15 is 0 Å². The van der Waals surface area contributed by atoms with Crippen molar-refractivity contribution < 1.29 is 22.4 Å². The van der Waals surface area contributed by atoms with E-state index < -0.39 is 12.8 Å². The van der Waals surface area contributed by atoms with Gasteiger partial charge in [0.05, 0.1) is 12.5 Å². The van der Waals surface area contributed by atoms with Gasteiger partial charge in [-0.1, -0.05) is 19.0 Å². The molecular weight excluding hydrogens is 275 g/mol. The summed E-state index contributed by atoms with van der Waals surface area (Å²) in [5.74, 6) is 0.888. The fourth-order valence-electron chi connectivity index (χ4n) is 1.89. The van der Waals surface area contributed by atoms with E-state index in [1.165, 1.54) is 0 Å². The van der Waals surface area contributed by atoms with E-state index in [2.05, 4.69) is 20.2 Å². The Hall–Kier alpha value is -1.15. The maximum atomic E-state index is 11.9. The minimum Gasteiger partial charge on any atom is -0.372 e. The summed E-state index contributed by atoms with van der Waals surface area (Å²) in [6, 6.07) is 0.213. The Bertz CT molecular complexity index is 392. The number of rotatable bonds is 8.